The van der Waals surface area contributed by atoms with Crippen LogP contribution in [-0.4, -0.2) is 11.2 Å². The van der Waals surface area contributed by atoms with Crippen molar-refractivity contribution in [1.29, 1.82) is 0 Å². The van der Waals surface area contributed by atoms with E-state index in [4.69, 9.17) is 16.3 Å². The van der Waals surface area contributed by atoms with E-state index in [0.717, 1.165) is 28.6 Å². The van der Waals surface area contributed by atoms with E-state index in [0.29, 0.717) is 11.6 Å². The van der Waals surface area contributed by atoms with Crippen LogP contribution in [0.1, 0.15) is 24.5 Å². The van der Waals surface area contributed by atoms with Crippen molar-refractivity contribution in [2.24, 2.45) is 0 Å². The van der Waals surface area contributed by atoms with Gasteiger partial charge in [-0.2, -0.15) is 0 Å². The van der Waals surface area contributed by atoms with E-state index in [1.807, 2.05) is 42.5 Å². The SMILES string of the molecule is CC(O)CCc1ccc(OCc2ccc(Br)cc2Cl)cc1. The molecule has 0 fully saturated rings. The number of halogens is 2. The van der Waals surface area contributed by atoms with E-state index in [2.05, 4.69) is 15.9 Å². The van der Waals surface area contributed by atoms with Crippen LogP contribution in [0.4, 0.5) is 0 Å². The molecule has 0 radical (unpaired) electrons. The van der Waals surface area contributed by atoms with Gasteiger partial charge in [-0.15, -0.1) is 0 Å². The van der Waals surface area contributed by atoms with Crippen molar-refractivity contribution in [3.05, 3.63) is 63.1 Å². The van der Waals surface area contributed by atoms with Gasteiger partial charge in [0.1, 0.15) is 12.4 Å². The first kappa shape index (κ1) is 16.3. The smallest absolute Gasteiger partial charge is 0.119 e. The summed E-state index contributed by atoms with van der Waals surface area (Å²) in [5.41, 5.74) is 2.16. The fourth-order valence-electron chi connectivity index (χ4n) is 1.93. The molecule has 1 N–H and O–H groups in total. The molecule has 0 saturated heterocycles. The Kier molecular flexibility index (Phi) is 6.09. The second-order valence-electron chi connectivity index (χ2n) is 5.06. The molecule has 0 saturated carbocycles. The van der Waals surface area contributed by atoms with Gasteiger partial charge in [-0.25, -0.2) is 0 Å². The summed E-state index contributed by atoms with van der Waals surface area (Å²) in [5.74, 6) is 0.815. The van der Waals surface area contributed by atoms with E-state index in [9.17, 15) is 5.11 Å². The van der Waals surface area contributed by atoms with Crippen LogP contribution in [0.15, 0.2) is 46.9 Å². The highest BCUT2D eigenvalue weighted by Crippen LogP contribution is 2.23. The maximum atomic E-state index is 9.28. The van der Waals surface area contributed by atoms with E-state index in [1.165, 1.54) is 5.56 Å². The number of ether oxygens (including phenoxy) is 1. The predicted octanol–water partition coefficient (Wildman–Crippen LogP) is 4.99. The monoisotopic (exact) mass is 368 g/mol. The van der Waals surface area contributed by atoms with Gasteiger partial charge < -0.3 is 9.84 Å². The minimum Gasteiger partial charge on any atom is -0.489 e. The summed E-state index contributed by atoms with van der Waals surface area (Å²) in [6, 6.07) is 13.7. The molecular weight excluding hydrogens is 352 g/mol. The summed E-state index contributed by atoms with van der Waals surface area (Å²) in [5, 5.41) is 9.98. The number of hydrogen-bond donors (Lipinski definition) is 1. The van der Waals surface area contributed by atoms with Crippen LogP contribution in [-0.2, 0) is 13.0 Å². The fraction of sp³-hybridized carbons (Fsp3) is 0.294. The Morgan fingerprint density at radius 2 is 1.90 bits per heavy atom. The Hall–Kier alpha value is -1.03. The molecule has 2 rings (SSSR count). The number of benzene rings is 2. The van der Waals surface area contributed by atoms with Gasteiger partial charge in [0.2, 0.25) is 0 Å². The molecule has 2 nitrogen and oxygen atoms in total. The molecule has 0 amide bonds. The van der Waals surface area contributed by atoms with Crippen LogP contribution in [0.2, 0.25) is 5.02 Å². The summed E-state index contributed by atoms with van der Waals surface area (Å²) in [7, 11) is 0. The van der Waals surface area contributed by atoms with Crippen molar-refractivity contribution < 1.29 is 9.84 Å². The third kappa shape index (κ3) is 5.34. The molecular formula is C17H18BrClO2. The molecule has 0 bridgehead atoms. The predicted molar refractivity (Wildman–Crippen MR) is 89.9 cm³/mol. The van der Waals surface area contributed by atoms with Crippen molar-refractivity contribution in [3.8, 4) is 5.75 Å². The van der Waals surface area contributed by atoms with Crippen molar-refractivity contribution >= 4 is 27.5 Å². The quantitative estimate of drug-likeness (QED) is 0.777. The Labute approximate surface area is 138 Å². The Morgan fingerprint density at radius 3 is 2.52 bits per heavy atom. The Bertz CT molecular complexity index is 582. The lowest BCUT2D eigenvalue weighted by Crippen LogP contribution is -2.01. The van der Waals surface area contributed by atoms with Gasteiger partial charge in [0.05, 0.1) is 6.10 Å². The first-order valence-corrected chi connectivity index (χ1v) is 8.05. The van der Waals surface area contributed by atoms with Crippen LogP contribution >= 0.6 is 27.5 Å². The third-order valence-electron chi connectivity index (χ3n) is 3.18. The molecule has 0 aromatic heterocycles. The summed E-state index contributed by atoms with van der Waals surface area (Å²) in [6.45, 7) is 2.25. The Balaban J connectivity index is 1.91. The van der Waals surface area contributed by atoms with Crippen LogP contribution in [0.25, 0.3) is 0 Å². The number of aliphatic hydroxyl groups is 1. The van der Waals surface area contributed by atoms with Crippen molar-refractivity contribution in [2.75, 3.05) is 0 Å². The van der Waals surface area contributed by atoms with Crippen LogP contribution in [0.5, 0.6) is 5.75 Å². The molecule has 0 aliphatic heterocycles. The minimum absolute atomic E-state index is 0.263. The first-order valence-electron chi connectivity index (χ1n) is 6.88. The molecule has 0 aliphatic rings. The topological polar surface area (TPSA) is 29.5 Å². The van der Waals surface area contributed by atoms with E-state index in [1.54, 1.807) is 6.92 Å². The summed E-state index contributed by atoms with van der Waals surface area (Å²) in [6.07, 6.45) is 1.38. The van der Waals surface area contributed by atoms with Gasteiger partial charge >= 0.3 is 0 Å². The zero-order chi connectivity index (χ0) is 15.2. The molecule has 0 aliphatic carbocycles. The number of aryl methyl sites for hydroxylation is 1. The molecule has 0 spiro atoms. The molecule has 1 unspecified atom stereocenters. The molecule has 2 aromatic rings. The maximum absolute atomic E-state index is 9.28. The molecule has 112 valence electrons. The lowest BCUT2D eigenvalue weighted by atomic mass is 10.1. The van der Waals surface area contributed by atoms with Gasteiger partial charge in [0.15, 0.2) is 0 Å². The highest BCUT2D eigenvalue weighted by Gasteiger charge is 2.03. The molecule has 21 heavy (non-hydrogen) atoms. The fourth-order valence-corrected chi connectivity index (χ4v) is 2.66. The lowest BCUT2D eigenvalue weighted by molar-refractivity contribution is 0.185. The van der Waals surface area contributed by atoms with Crippen LogP contribution in [0, 0.1) is 0 Å². The van der Waals surface area contributed by atoms with E-state index < -0.39 is 0 Å². The molecule has 2 aromatic carbocycles. The molecule has 4 heteroatoms. The zero-order valence-corrected chi connectivity index (χ0v) is 14.2. The van der Waals surface area contributed by atoms with Gasteiger partial charge in [-0.1, -0.05) is 45.7 Å². The molecule has 1 atom stereocenters. The first-order chi connectivity index (χ1) is 10.0. The average Bonchev–Trinajstić information content (AvgIpc) is 2.45. The second-order valence-corrected chi connectivity index (χ2v) is 6.38. The van der Waals surface area contributed by atoms with Crippen LogP contribution < -0.4 is 4.74 Å². The van der Waals surface area contributed by atoms with E-state index in [-0.39, 0.29) is 6.10 Å². The minimum atomic E-state index is -0.263. The summed E-state index contributed by atoms with van der Waals surface area (Å²) in [4.78, 5) is 0. The zero-order valence-electron chi connectivity index (χ0n) is 11.9. The highest BCUT2D eigenvalue weighted by atomic mass is 79.9. The lowest BCUT2D eigenvalue weighted by Gasteiger charge is -2.09. The third-order valence-corrected chi connectivity index (χ3v) is 4.03. The van der Waals surface area contributed by atoms with Gasteiger partial charge in [0.25, 0.3) is 0 Å². The maximum Gasteiger partial charge on any atom is 0.119 e. The second kappa shape index (κ2) is 7.83. The Morgan fingerprint density at radius 1 is 1.19 bits per heavy atom. The highest BCUT2D eigenvalue weighted by molar-refractivity contribution is 9.10. The van der Waals surface area contributed by atoms with Gasteiger partial charge in [-0.3, -0.25) is 0 Å². The number of aliphatic hydroxyl groups excluding tert-OH is 1. The van der Waals surface area contributed by atoms with Crippen molar-refractivity contribution in [1.82, 2.24) is 0 Å². The standard InChI is InChI=1S/C17H18BrClO2/c1-12(20)2-3-13-4-8-16(9-5-13)21-11-14-6-7-15(18)10-17(14)19/h4-10,12,20H,2-3,11H2,1H3. The normalized spacial score (nSPS) is 12.2. The van der Waals surface area contributed by atoms with Gasteiger partial charge in [0, 0.05) is 15.1 Å². The van der Waals surface area contributed by atoms with Crippen molar-refractivity contribution in [2.45, 2.75) is 32.5 Å². The van der Waals surface area contributed by atoms with E-state index >= 15 is 0 Å². The molecule has 0 heterocycles. The largest absolute Gasteiger partial charge is 0.489 e. The summed E-state index contributed by atoms with van der Waals surface area (Å²) < 4.78 is 6.70. The van der Waals surface area contributed by atoms with Gasteiger partial charge in [-0.05, 0) is 49.6 Å². The average molecular weight is 370 g/mol. The number of hydrogen-bond acceptors (Lipinski definition) is 2. The van der Waals surface area contributed by atoms with Crippen molar-refractivity contribution in [3.63, 3.8) is 0 Å². The summed E-state index contributed by atoms with van der Waals surface area (Å²) >= 11 is 9.54. The van der Waals surface area contributed by atoms with Crippen LogP contribution in [0.3, 0.4) is 0 Å². The number of rotatable bonds is 6.